The zero-order valence-corrected chi connectivity index (χ0v) is 12.6. The van der Waals surface area contributed by atoms with Crippen molar-refractivity contribution in [1.29, 1.82) is 0 Å². The van der Waals surface area contributed by atoms with Crippen LogP contribution in [-0.4, -0.2) is 54.4 Å². The second kappa shape index (κ2) is 8.09. The fraction of sp³-hybridized carbons (Fsp3) is 0.857. The first-order valence-corrected chi connectivity index (χ1v) is 7.29. The van der Waals surface area contributed by atoms with E-state index in [9.17, 15) is 9.59 Å². The Balaban J connectivity index is 2.04. The molecule has 1 saturated heterocycles. The first-order valence-electron chi connectivity index (χ1n) is 7.29. The third-order valence-corrected chi connectivity index (χ3v) is 3.59. The van der Waals surface area contributed by atoms with E-state index in [1.54, 1.807) is 11.8 Å². The maximum Gasteiger partial charge on any atom is 0.317 e. The number of nitrogens with one attached hydrogen (secondary N) is 1. The van der Waals surface area contributed by atoms with E-state index in [0.29, 0.717) is 19.6 Å². The zero-order valence-electron chi connectivity index (χ0n) is 12.6. The minimum absolute atomic E-state index is 0.0812. The number of carbonyl (C=O) groups excluding carboxylic acids is 1. The molecule has 2 N–H and O–H groups in total. The van der Waals surface area contributed by atoms with Crippen molar-refractivity contribution in [2.24, 2.45) is 11.8 Å². The summed E-state index contributed by atoms with van der Waals surface area (Å²) < 4.78 is 5.41. The number of likely N-dealkylation sites (tertiary alicyclic amines) is 1. The van der Waals surface area contributed by atoms with Crippen LogP contribution in [-0.2, 0) is 9.53 Å². The van der Waals surface area contributed by atoms with Gasteiger partial charge in [0.05, 0.1) is 12.0 Å². The van der Waals surface area contributed by atoms with Crippen molar-refractivity contribution in [3.8, 4) is 0 Å². The van der Waals surface area contributed by atoms with E-state index in [1.807, 2.05) is 13.8 Å². The lowest BCUT2D eigenvalue weighted by Crippen LogP contribution is -2.56. The molecule has 1 aliphatic rings. The number of ether oxygens (including phenoxy) is 1. The number of amides is 2. The number of hydrogen-bond donors (Lipinski definition) is 2. The molecule has 1 atom stereocenters. The van der Waals surface area contributed by atoms with E-state index in [-0.39, 0.29) is 24.0 Å². The van der Waals surface area contributed by atoms with Gasteiger partial charge < -0.3 is 20.1 Å². The molecule has 116 valence electrons. The highest BCUT2D eigenvalue weighted by Crippen LogP contribution is 2.23. The van der Waals surface area contributed by atoms with Gasteiger partial charge in [0, 0.05) is 32.2 Å². The SMILES string of the molecule is CC(C)OCCCCNC(=O)N1CC(C(C)C(=O)O)C1. The molecule has 0 saturated carbocycles. The van der Waals surface area contributed by atoms with Gasteiger partial charge in [-0.3, -0.25) is 4.79 Å². The maximum absolute atomic E-state index is 11.7. The van der Waals surface area contributed by atoms with Gasteiger partial charge in [0.15, 0.2) is 0 Å². The van der Waals surface area contributed by atoms with Crippen LogP contribution in [0.5, 0.6) is 0 Å². The Morgan fingerprint density at radius 3 is 2.50 bits per heavy atom. The Bertz CT molecular complexity index is 327. The molecule has 0 aromatic carbocycles. The van der Waals surface area contributed by atoms with Crippen LogP contribution in [0.25, 0.3) is 0 Å². The van der Waals surface area contributed by atoms with Crippen LogP contribution in [0, 0.1) is 11.8 Å². The number of hydrogen-bond acceptors (Lipinski definition) is 3. The Hall–Kier alpha value is -1.30. The number of carbonyl (C=O) groups is 2. The molecule has 1 fully saturated rings. The molecule has 0 radical (unpaired) electrons. The molecule has 1 aliphatic heterocycles. The average Bonchev–Trinajstić information content (AvgIpc) is 2.31. The minimum Gasteiger partial charge on any atom is -0.481 e. The highest BCUT2D eigenvalue weighted by Gasteiger charge is 2.36. The van der Waals surface area contributed by atoms with Gasteiger partial charge in [-0.25, -0.2) is 4.79 Å². The van der Waals surface area contributed by atoms with Crippen LogP contribution in [0.1, 0.15) is 33.6 Å². The Morgan fingerprint density at radius 2 is 1.95 bits per heavy atom. The van der Waals surface area contributed by atoms with Crippen molar-refractivity contribution < 1.29 is 19.4 Å². The van der Waals surface area contributed by atoms with E-state index in [4.69, 9.17) is 9.84 Å². The van der Waals surface area contributed by atoms with Crippen LogP contribution in [0.4, 0.5) is 4.79 Å². The van der Waals surface area contributed by atoms with Crippen molar-refractivity contribution >= 4 is 12.0 Å². The first-order chi connectivity index (χ1) is 9.41. The average molecular weight is 286 g/mol. The monoisotopic (exact) mass is 286 g/mol. The van der Waals surface area contributed by atoms with Gasteiger partial charge in [-0.1, -0.05) is 6.92 Å². The summed E-state index contributed by atoms with van der Waals surface area (Å²) in [6.45, 7) is 8.12. The third-order valence-electron chi connectivity index (χ3n) is 3.59. The van der Waals surface area contributed by atoms with E-state index < -0.39 is 5.97 Å². The summed E-state index contributed by atoms with van der Waals surface area (Å²) in [6.07, 6.45) is 2.07. The third kappa shape index (κ3) is 5.36. The molecule has 0 aromatic rings. The predicted octanol–water partition coefficient (Wildman–Crippen LogP) is 1.55. The molecular formula is C14H26N2O4. The van der Waals surface area contributed by atoms with Gasteiger partial charge in [-0.2, -0.15) is 0 Å². The number of aliphatic carboxylic acids is 1. The topological polar surface area (TPSA) is 78.9 Å². The van der Waals surface area contributed by atoms with Gasteiger partial charge in [-0.05, 0) is 26.7 Å². The molecule has 1 rings (SSSR count). The van der Waals surface area contributed by atoms with E-state index in [2.05, 4.69) is 5.32 Å². The van der Waals surface area contributed by atoms with Crippen molar-refractivity contribution in [3.63, 3.8) is 0 Å². The number of rotatable bonds is 8. The summed E-state index contributed by atoms with van der Waals surface area (Å²) in [5.74, 6) is -1.09. The quantitative estimate of drug-likeness (QED) is 0.664. The second-order valence-electron chi connectivity index (χ2n) is 5.65. The summed E-state index contributed by atoms with van der Waals surface area (Å²) >= 11 is 0. The minimum atomic E-state index is -0.791. The van der Waals surface area contributed by atoms with Crippen LogP contribution in [0.2, 0.25) is 0 Å². The number of carboxylic acids is 1. The lowest BCUT2D eigenvalue weighted by Gasteiger charge is -2.41. The smallest absolute Gasteiger partial charge is 0.317 e. The molecule has 0 spiro atoms. The summed E-state index contributed by atoms with van der Waals surface area (Å²) in [5.41, 5.74) is 0. The van der Waals surface area contributed by atoms with Gasteiger partial charge in [0.2, 0.25) is 0 Å². The summed E-state index contributed by atoms with van der Waals surface area (Å²) in [7, 11) is 0. The van der Waals surface area contributed by atoms with Gasteiger partial charge in [0.25, 0.3) is 0 Å². The lowest BCUT2D eigenvalue weighted by atomic mass is 9.87. The van der Waals surface area contributed by atoms with Gasteiger partial charge in [-0.15, -0.1) is 0 Å². The van der Waals surface area contributed by atoms with Crippen LogP contribution in [0.15, 0.2) is 0 Å². The fourth-order valence-electron chi connectivity index (χ4n) is 2.05. The molecule has 0 aromatic heterocycles. The predicted molar refractivity (Wildman–Crippen MR) is 75.6 cm³/mol. The molecule has 6 heteroatoms. The molecule has 1 unspecified atom stereocenters. The molecule has 6 nitrogen and oxygen atoms in total. The molecular weight excluding hydrogens is 260 g/mol. The van der Waals surface area contributed by atoms with E-state index in [1.165, 1.54) is 0 Å². The molecule has 0 aliphatic carbocycles. The van der Waals surface area contributed by atoms with E-state index in [0.717, 1.165) is 19.4 Å². The van der Waals surface area contributed by atoms with E-state index >= 15 is 0 Å². The highest BCUT2D eigenvalue weighted by molar-refractivity contribution is 5.76. The van der Waals surface area contributed by atoms with Crippen molar-refractivity contribution in [3.05, 3.63) is 0 Å². The van der Waals surface area contributed by atoms with Gasteiger partial charge >= 0.3 is 12.0 Å². The normalized spacial score (nSPS) is 16.9. The standard InChI is InChI=1S/C14H26N2O4/c1-10(2)20-7-5-4-6-15-14(19)16-8-12(9-16)11(3)13(17)18/h10-12H,4-9H2,1-3H3,(H,15,19)(H,17,18). The fourth-order valence-corrected chi connectivity index (χ4v) is 2.05. The summed E-state index contributed by atoms with van der Waals surface area (Å²) in [4.78, 5) is 24.2. The van der Waals surface area contributed by atoms with Crippen molar-refractivity contribution in [2.75, 3.05) is 26.2 Å². The largest absolute Gasteiger partial charge is 0.481 e. The Morgan fingerprint density at radius 1 is 1.30 bits per heavy atom. The second-order valence-corrected chi connectivity index (χ2v) is 5.65. The summed E-state index contributed by atoms with van der Waals surface area (Å²) in [5, 5.41) is 11.7. The maximum atomic E-state index is 11.7. The van der Waals surface area contributed by atoms with Crippen molar-refractivity contribution in [1.82, 2.24) is 10.2 Å². The van der Waals surface area contributed by atoms with Crippen LogP contribution < -0.4 is 5.32 Å². The molecule has 20 heavy (non-hydrogen) atoms. The number of unbranched alkanes of at least 4 members (excludes halogenated alkanes) is 1. The Kier molecular flexibility index (Phi) is 6.78. The Labute approximate surface area is 120 Å². The number of carboxylic acid groups (broad SMARTS) is 1. The van der Waals surface area contributed by atoms with Crippen LogP contribution >= 0.6 is 0 Å². The van der Waals surface area contributed by atoms with Crippen LogP contribution in [0.3, 0.4) is 0 Å². The van der Waals surface area contributed by atoms with Gasteiger partial charge in [0.1, 0.15) is 0 Å². The molecule has 2 amide bonds. The number of urea groups is 1. The summed E-state index contributed by atoms with van der Waals surface area (Å²) in [6, 6.07) is -0.0939. The first kappa shape index (κ1) is 16.8. The lowest BCUT2D eigenvalue weighted by molar-refractivity contribution is -0.144. The van der Waals surface area contributed by atoms with Crippen molar-refractivity contribution in [2.45, 2.75) is 39.7 Å². The molecule has 0 bridgehead atoms. The number of nitrogens with zero attached hydrogens (tertiary/aromatic N) is 1. The molecule has 1 heterocycles. The highest BCUT2D eigenvalue weighted by atomic mass is 16.5. The zero-order chi connectivity index (χ0) is 15.1.